The van der Waals surface area contributed by atoms with Crippen LogP contribution in [-0.2, 0) is 20.1 Å². The van der Waals surface area contributed by atoms with Gasteiger partial charge in [0.1, 0.15) is 0 Å². The Kier molecular flexibility index (Phi) is 7.05. The van der Waals surface area contributed by atoms with Crippen molar-refractivity contribution in [1.82, 2.24) is 18.7 Å². The normalized spacial score (nSPS) is 13.6. The van der Waals surface area contributed by atoms with Gasteiger partial charge < -0.3 is 9.47 Å². The highest BCUT2D eigenvalue weighted by molar-refractivity contribution is 5.77. The highest BCUT2D eigenvalue weighted by Gasteiger charge is 2.27. The number of benzene rings is 1. The Morgan fingerprint density at radius 3 is 2.27 bits per heavy atom. The van der Waals surface area contributed by atoms with Crippen LogP contribution in [0.5, 0.6) is 0 Å². The summed E-state index contributed by atoms with van der Waals surface area (Å²) in [6.45, 7) is 8.45. The van der Waals surface area contributed by atoms with Gasteiger partial charge in [0.25, 0.3) is 5.56 Å². The molecule has 3 aromatic rings. The van der Waals surface area contributed by atoms with E-state index in [0.29, 0.717) is 17.7 Å². The maximum Gasteiger partial charge on any atom is 0.332 e. The van der Waals surface area contributed by atoms with Crippen LogP contribution in [0.1, 0.15) is 69.4 Å². The lowest BCUT2D eigenvalue weighted by atomic mass is 10.1. The molecule has 0 aliphatic carbocycles. The largest absolute Gasteiger partial charge is 0.332 e. The molecule has 0 saturated carbocycles. The third kappa shape index (κ3) is 4.63. The number of fused-ring (bicyclic) bond motifs is 3. The van der Waals surface area contributed by atoms with Crippen LogP contribution in [0.4, 0.5) is 11.6 Å². The molecule has 1 aliphatic heterocycles. The molecule has 1 aliphatic rings. The maximum absolute atomic E-state index is 13.5. The van der Waals surface area contributed by atoms with Crippen LogP contribution >= 0.6 is 0 Å². The highest BCUT2D eigenvalue weighted by atomic mass is 16.2. The van der Waals surface area contributed by atoms with E-state index in [4.69, 9.17) is 4.98 Å². The fraction of sp³-hybridized carbons (Fsp3) is 0.577. The first-order chi connectivity index (χ1) is 15.9. The number of rotatable bonds is 9. The molecule has 1 aromatic carbocycles. The monoisotopic (exact) mass is 451 g/mol. The Hall–Kier alpha value is -2.83. The van der Waals surface area contributed by atoms with E-state index < -0.39 is 0 Å². The number of nitrogens with zero attached hydrogens (tertiary/aromatic N) is 5. The number of unbranched alkanes of at least 4 members (excludes halogenated alkanes) is 6. The summed E-state index contributed by atoms with van der Waals surface area (Å²) in [5, 5.41) is 0. The number of imidazole rings is 1. The maximum atomic E-state index is 13.5. The van der Waals surface area contributed by atoms with E-state index in [1.807, 2.05) is 4.57 Å². The molecule has 0 fully saturated rings. The Morgan fingerprint density at radius 1 is 0.909 bits per heavy atom. The number of aryl methyl sites for hydroxylation is 4. The van der Waals surface area contributed by atoms with Crippen molar-refractivity contribution < 1.29 is 0 Å². The van der Waals surface area contributed by atoms with Crippen molar-refractivity contribution in [2.75, 3.05) is 11.4 Å². The Bertz CT molecular complexity index is 1230. The molecule has 0 N–H and O–H groups in total. The minimum absolute atomic E-state index is 0.208. The van der Waals surface area contributed by atoms with Gasteiger partial charge in [-0.2, -0.15) is 4.98 Å². The summed E-state index contributed by atoms with van der Waals surface area (Å²) in [4.78, 5) is 33.5. The van der Waals surface area contributed by atoms with Gasteiger partial charge in [0, 0.05) is 32.4 Å². The molecule has 2 aromatic heterocycles. The quantitative estimate of drug-likeness (QED) is 0.438. The van der Waals surface area contributed by atoms with E-state index in [2.05, 4.69) is 43.9 Å². The van der Waals surface area contributed by atoms with Crippen molar-refractivity contribution >= 4 is 22.8 Å². The van der Waals surface area contributed by atoms with E-state index in [1.54, 1.807) is 11.6 Å². The summed E-state index contributed by atoms with van der Waals surface area (Å²) in [7, 11) is 1.73. The van der Waals surface area contributed by atoms with Gasteiger partial charge in [0.05, 0.1) is 0 Å². The van der Waals surface area contributed by atoms with Crippen LogP contribution in [0.15, 0.2) is 27.8 Å². The molecule has 0 spiro atoms. The predicted molar refractivity (Wildman–Crippen MR) is 135 cm³/mol. The third-order valence-electron chi connectivity index (χ3n) is 6.72. The second kappa shape index (κ2) is 9.98. The third-order valence-corrected chi connectivity index (χ3v) is 6.72. The standard InChI is InChI=1S/C26H37N5O2/c1-5-6-7-8-9-10-11-13-31-24(32)22-23(28(4)26(31)33)27-25-29(14-12-15-30(22)25)21-17-19(2)16-20(3)18-21/h16-18H,5-15H2,1-4H3. The van der Waals surface area contributed by atoms with Gasteiger partial charge >= 0.3 is 5.69 Å². The molecule has 7 nitrogen and oxygen atoms in total. The average Bonchev–Trinajstić information content (AvgIpc) is 3.18. The van der Waals surface area contributed by atoms with Crippen LogP contribution in [0, 0.1) is 13.8 Å². The van der Waals surface area contributed by atoms with E-state index >= 15 is 0 Å². The Labute approximate surface area is 195 Å². The van der Waals surface area contributed by atoms with Crippen molar-refractivity contribution in [1.29, 1.82) is 0 Å². The molecule has 0 bridgehead atoms. The lowest BCUT2D eigenvalue weighted by Crippen LogP contribution is -2.40. The zero-order valence-electron chi connectivity index (χ0n) is 20.6. The molecule has 0 atom stereocenters. The summed E-state index contributed by atoms with van der Waals surface area (Å²) in [5.41, 5.74) is 4.02. The van der Waals surface area contributed by atoms with Gasteiger partial charge in [0.2, 0.25) is 5.95 Å². The predicted octanol–water partition coefficient (Wildman–Crippen LogP) is 4.81. The van der Waals surface area contributed by atoms with E-state index in [9.17, 15) is 9.59 Å². The fourth-order valence-corrected chi connectivity index (χ4v) is 5.04. The van der Waals surface area contributed by atoms with Gasteiger partial charge in [-0.3, -0.25) is 13.9 Å². The summed E-state index contributed by atoms with van der Waals surface area (Å²) in [6.07, 6.45) is 8.98. The van der Waals surface area contributed by atoms with Gasteiger partial charge in [-0.15, -0.1) is 0 Å². The van der Waals surface area contributed by atoms with Crippen molar-refractivity contribution in [2.24, 2.45) is 7.05 Å². The number of anilines is 2. The van der Waals surface area contributed by atoms with E-state index in [1.165, 1.54) is 41.4 Å². The molecule has 178 valence electrons. The van der Waals surface area contributed by atoms with Gasteiger partial charge in [0.15, 0.2) is 11.2 Å². The molecule has 7 heteroatoms. The molecule has 0 amide bonds. The average molecular weight is 452 g/mol. The van der Waals surface area contributed by atoms with Crippen LogP contribution in [-0.4, -0.2) is 25.2 Å². The van der Waals surface area contributed by atoms with Crippen molar-refractivity contribution in [3.05, 3.63) is 50.2 Å². The molecular formula is C26H37N5O2. The lowest BCUT2D eigenvalue weighted by molar-refractivity contribution is 0.521. The highest BCUT2D eigenvalue weighted by Crippen LogP contribution is 2.32. The molecule has 0 radical (unpaired) electrons. The van der Waals surface area contributed by atoms with Crippen LogP contribution in [0.2, 0.25) is 0 Å². The minimum Gasteiger partial charge on any atom is -0.312 e. The Balaban J connectivity index is 1.67. The first-order valence-electron chi connectivity index (χ1n) is 12.5. The number of aromatic nitrogens is 4. The van der Waals surface area contributed by atoms with Gasteiger partial charge in [-0.25, -0.2) is 4.79 Å². The molecule has 0 unspecified atom stereocenters. The van der Waals surface area contributed by atoms with Crippen molar-refractivity contribution in [3.63, 3.8) is 0 Å². The van der Waals surface area contributed by atoms with Gasteiger partial charge in [-0.05, 0) is 49.9 Å². The molecule has 4 rings (SSSR count). The smallest absolute Gasteiger partial charge is 0.312 e. The lowest BCUT2D eigenvalue weighted by Gasteiger charge is -2.29. The first-order valence-corrected chi connectivity index (χ1v) is 12.5. The van der Waals surface area contributed by atoms with E-state index in [-0.39, 0.29) is 11.2 Å². The molecule has 3 heterocycles. The first kappa shape index (κ1) is 23.3. The topological polar surface area (TPSA) is 65.1 Å². The molecule has 0 saturated heterocycles. The molecule has 33 heavy (non-hydrogen) atoms. The fourth-order valence-electron chi connectivity index (χ4n) is 5.04. The van der Waals surface area contributed by atoms with Crippen LogP contribution < -0.4 is 16.1 Å². The number of hydrogen-bond acceptors (Lipinski definition) is 4. The van der Waals surface area contributed by atoms with Gasteiger partial charge in [-0.1, -0.05) is 51.5 Å². The van der Waals surface area contributed by atoms with Crippen molar-refractivity contribution in [2.45, 2.75) is 85.2 Å². The summed E-state index contributed by atoms with van der Waals surface area (Å²) < 4.78 is 4.97. The SMILES string of the molecule is CCCCCCCCCn1c(=O)c2c(nc3n2CCCN3c2cc(C)cc(C)c2)n(C)c1=O. The Morgan fingerprint density at radius 2 is 1.58 bits per heavy atom. The second-order valence-electron chi connectivity index (χ2n) is 9.51. The van der Waals surface area contributed by atoms with E-state index in [0.717, 1.165) is 50.4 Å². The second-order valence-corrected chi connectivity index (χ2v) is 9.51. The zero-order chi connectivity index (χ0) is 23.5. The summed E-state index contributed by atoms with van der Waals surface area (Å²) in [6, 6.07) is 6.46. The minimum atomic E-state index is -0.271. The number of hydrogen-bond donors (Lipinski definition) is 0. The summed E-state index contributed by atoms with van der Waals surface area (Å²) in [5.74, 6) is 0.752. The van der Waals surface area contributed by atoms with Crippen LogP contribution in [0.3, 0.4) is 0 Å². The zero-order valence-corrected chi connectivity index (χ0v) is 20.6. The molecular weight excluding hydrogens is 414 g/mol. The summed E-state index contributed by atoms with van der Waals surface area (Å²) >= 11 is 0. The van der Waals surface area contributed by atoms with Crippen molar-refractivity contribution in [3.8, 4) is 0 Å². The van der Waals surface area contributed by atoms with Crippen LogP contribution in [0.25, 0.3) is 11.2 Å².